The molecule has 0 unspecified atom stereocenters. The van der Waals surface area contributed by atoms with Crippen molar-refractivity contribution in [2.75, 3.05) is 26.6 Å². The Balaban J connectivity index is 2.13. The predicted molar refractivity (Wildman–Crippen MR) is 87.1 cm³/mol. The number of nitrogens with one attached hydrogen (secondary N) is 1. The highest BCUT2D eigenvalue weighted by Crippen LogP contribution is 2.17. The number of hydrogen-bond acceptors (Lipinski definition) is 6. The van der Waals surface area contributed by atoms with Gasteiger partial charge in [-0.3, -0.25) is 9.63 Å². The van der Waals surface area contributed by atoms with Crippen molar-refractivity contribution in [2.24, 2.45) is 0 Å². The average molecular weight is 351 g/mol. The van der Waals surface area contributed by atoms with E-state index >= 15 is 0 Å². The van der Waals surface area contributed by atoms with E-state index in [0.717, 1.165) is 4.47 Å². The monoisotopic (exact) mass is 351 g/mol. The highest BCUT2D eigenvalue weighted by atomic mass is 32.2. The number of anilines is 1. The summed E-state index contributed by atoms with van der Waals surface area (Å²) in [6, 6.07) is 8.78. The molecule has 0 saturated heterocycles. The van der Waals surface area contributed by atoms with E-state index < -0.39 is 10.0 Å². The van der Waals surface area contributed by atoms with Gasteiger partial charge in [-0.2, -0.15) is 0 Å². The summed E-state index contributed by atoms with van der Waals surface area (Å²) in [6.07, 6.45) is 1.46. The number of hydroxylamine groups is 1. The van der Waals surface area contributed by atoms with E-state index in [1.54, 1.807) is 12.1 Å². The van der Waals surface area contributed by atoms with Gasteiger partial charge >= 0.3 is 0 Å². The molecule has 0 atom stereocenters. The zero-order valence-corrected chi connectivity index (χ0v) is 14.2. The van der Waals surface area contributed by atoms with Gasteiger partial charge in [0.15, 0.2) is 0 Å². The molecule has 1 aromatic carbocycles. The maximum atomic E-state index is 12.2. The first-order chi connectivity index (χ1) is 11.4. The molecule has 8 nitrogen and oxygen atoms in total. The number of rotatable bonds is 6. The largest absolute Gasteiger partial charge is 0.481 e. The summed E-state index contributed by atoms with van der Waals surface area (Å²) >= 11 is 0. The van der Waals surface area contributed by atoms with Crippen LogP contribution in [0.5, 0.6) is 5.88 Å². The fraction of sp³-hybridized carbons (Fsp3) is 0.200. The maximum Gasteiger partial charge on any atom is 0.264 e. The third kappa shape index (κ3) is 3.88. The second kappa shape index (κ2) is 7.39. The van der Waals surface area contributed by atoms with E-state index in [1.807, 2.05) is 0 Å². The Bertz CT molecular complexity index is 804. The Morgan fingerprint density at radius 2 is 1.79 bits per heavy atom. The van der Waals surface area contributed by atoms with E-state index in [4.69, 9.17) is 9.57 Å². The van der Waals surface area contributed by atoms with Crippen molar-refractivity contribution in [2.45, 2.75) is 4.90 Å². The average Bonchev–Trinajstić information content (AvgIpc) is 2.61. The number of sulfonamides is 1. The zero-order chi connectivity index (χ0) is 17.7. The Kier molecular flexibility index (Phi) is 5.50. The predicted octanol–water partition coefficient (Wildman–Crippen LogP) is 1.52. The van der Waals surface area contributed by atoms with E-state index in [0.29, 0.717) is 17.1 Å². The summed E-state index contributed by atoms with van der Waals surface area (Å²) < 4.78 is 29.8. The van der Waals surface area contributed by atoms with Crippen LogP contribution in [0.1, 0.15) is 10.4 Å². The molecule has 2 aromatic rings. The molecule has 128 valence electrons. The number of ether oxygens (including phenoxy) is 1. The Labute approximate surface area is 140 Å². The number of hydrogen-bond donors (Lipinski definition) is 1. The maximum absolute atomic E-state index is 12.2. The number of benzene rings is 1. The lowest BCUT2D eigenvalue weighted by Crippen LogP contribution is -2.25. The second-order valence-electron chi connectivity index (χ2n) is 4.67. The molecule has 0 fully saturated rings. The first kappa shape index (κ1) is 17.9. The van der Waals surface area contributed by atoms with E-state index in [9.17, 15) is 13.2 Å². The number of nitrogens with zero attached hydrogens (tertiary/aromatic N) is 2. The van der Waals surface area contributed by atoms with Gasteiger partial charge in [0.25, 0.3) is 15.9 Å². The number of amides is 1. The first-order valence-corrected chi connectivity index (χ1v) is 8.27. The SMILES string of the molecule is COc1ccc(NC(=O)c2ccc(S(=O)(=O)N(C)OC)cc2)cn1. The molecule has 0 bridgehead atoms. The van der Waals surface area contributed by atoms with Crippen LogP contribution >= 0.6 is 0 Å². The van der Waals surface area contributed by atoms with Gasteiger partial charge in [-0.1, -0.05) is 4.47 Å². The molecule has 1 aromatic heterocycles. The normalized spacial score (nSPS) is 11.3. The van der Waals surface area contributed by atoms with Crippen molar-refractivity contribution in [1.29, 1.82) is 0 Å². The molecule has 9 heteroatoms. The van der Waals surface area contributed by atoms with Gasteiger partial charge < -0.3 is 10.1 Å². The Hall–Kier alpha value is -2.49. The lowest BCUT2D eigenvalue weighted by atomic mass is 10.2. The van der Waals surface area contributed by atoms with Crippen molar-refractivity contribution in [3.05, 3.63) is 48.2 Å². The molecular weight excluding hydrogens is 334 g/mol. The Morgan fingerprint density at radius 3 is 2.29 bits per heavy atom. The second-order valence-corrected chi connectivity index (χ2v) is 6.60. The molecular formula is C15H17N3O5S. The van der Waals surface area contributed by atoms with Crippen LogP contribution in [0, 0.1) is 0 Å². The number of methoxy groups -OCH3 is 1. The topological polar surface area (TPSA) is 97.8 Å². The molecule has 1 heterocycles. The molecule has 1 N–H and O–H groups in total. The molecule has 0 aliphatic carbocycles. The zero-order valence-electron chi connectivity index (χ0n) is 13.4. The van der Waals surface area contributed by atoms with Gasteiger partial charge in [-0.15, -0.1) is 0 Å². The third-order valence-corrected chi connectivity index (χ3v) is 4.91. The van der Waals surface area contributed by atoms with Gasteiger partial charge in [-0.25, -0.2) is 13.4 Å². The van der Waals surface area contributed by atoms with Crippen molar-refractivity contribution in [1.82, 2.24) is 9.45 Å². The Morgan fingerprint density at radius 1 is 1.12 bits per heavy atom. The summed E-state index contributed by atoms with van der Waals surface area (Å²) in [6.45, 7) is 0. The van der Waals surface area contributed by atoms with Crippen LogP contribution in [0.4, 0.5) is 5.69 Å². The summed E-state index contributed by atoms with van der Waals surface area (Å²) in [4.78, 5) is 20.9. The molecule has 0 aliphatic heterocycles. The fourth-order valence-corrected chi connectivity index (χ4v) is 2.78. The highest BCUT2D eigenvalue weighted by Gasteiger charge is 2.21. The van der Waals surface area contributed by atoms with Crippen molar-refractivity contribution in [3.8, 4) is 5.88 Å². The third-order valence-electron chi connectivity index (χ3n) is 3.21. The van der Waals surface area contributed by atoms with Crippen LogP contribution in [0.15, 0.2) is 47.5 Å². The van der Waals surface area contributed by atoms with Gasteiger partial charge in [-0.05, 0) is 30.3 Å². The smallest absolute Gasteiger partial charge is 0.264 e. The minimum Gasteiger partial charge on any atom is -0.481 e. The van der Waals surface area contributed by atoms with Crippen LogP contribution in [0.3, 0.4) is 0 Å². The van der Waals surface area contributed by atoms with Gasteiger partial charge in [0.05, 0.1) is 31.0 Å². The van der Waals surface area contributed by atoms with E-state index in [-0.39, 0.29) is 10.8 Å². The number of pyridine rings is 1. The van der Waals surface area contributed by atoms with Crippen LogP contribution in [0.2, 0.25) is 0 Å². The lowest BCUT2D eigenvalue weighted by molar-refractivity contribution is -0.0258. The minimum atomic E-state index is -3.74. The summed E-state index contributed by atoms with van der Waals surface area (Å²) in [5.74, 6) is 0.0517. The van der Waals surface area contributed by atoms with E-state index in [2.05, 4.69) is 10.3 Å². The summed E-state index contributed by atoms with van der Waals surface area (Å²) in [5.41, 5.74) is 0.807. The number of carbonyl (C=O) groups excluding carboxylic acids is 1. The number of carbonyl (C=O) groups is 1. The quantitative estimate of drug-likeness (QED) is 0.793. The molecule has 2 rings (SSSR count). The van der Waals surface area contributed by atoms with Crippen molar-refractivity contribution < 1.29 is 22.8 Å². The molecule has 0 radical (unpaired) electrons. The van der Waals surface area contributed by atoms with Gasteiger partial charge in [0.1, 0.15) is 0 Å². The van der Waals surface area contributed by atoms with Gasteiger partial charge in [0, 0.05) is 18.7 Å². The first-order valence-electron chi connectivity index (χ1n) is 6.83. The number of aromatic nitrogens is 1. The molecule has 24 heavy (non-hydrogen) atoms. The standard InChI is InChI=1S/C15H17N3O5S/c1-18(23-3)24(20,21)13-7-4-11(5-8-13)15(19)17-12-6-9-14(22-2)16-10-12/h4-10H,1-3H3,(H,17,19). The van der Waals surface area contributed by atoms with Crippen LogP contribution < -0.4 is 10.1 Å². The van der Waals surface area contributed by atoms with E-state index in [1.165, 1.54) is 51.7 Å². The summed E-state index contributed by atoms with van der Waals surface area (Å²) in [5, 5.41) is 2.66. The van der Waals surface area contributed by atoms with Gasteiger partial charge in [0.2, 0.25) is 5.88 Å². The molecule has 0 spiro atoms. The van der Waals surface area contributed by atoms with Crippen molar-refractivity contribution >= 4 is 21.6 Å². The molecule has 1 amide bonds. The van der Waals surface area contributed by atoms with Crippen molar-refractivity contribution in [3.63, 3.8) is 0 Å². The highest BCUT2D eigenvalue weighted by molar-refractivity contribution is 7.89. The van der Waals surface area contributed by atoms with Crippen LogP contribution in [-0.4, -0.2) is 45.0 Å². The lowest BCUT2D eigenvalue weighted by Gasteiger charge is -2.14. The summed E-state index contributed by atoms with van der Waals surface area (Å²) in [7, 11) is 0.291. The molecule has 0 saturated carbocycles. The van der Waals surface area contributed by atoms with Crippen LogP contribution in [-0.2, 0) is 14.9 Å². The minimum absolute atomic E-state index is 0.0227. The fourth-order valence-electron chi connectivity index (χ4n) is 1.80. The molecule has 0 aliphatic rings. The van der Waals surface area contributed by atoms with Crippen LogP contribution in [0.25, 0.3) is 0 Å².